The molecule has 3 N–H and O–H groups in total. The summed E-state index contributed by atoms with van der Waals surface area (Å²) in [6, 6.07) is 3.05. The normalized spacial score (nSPS) is 15.3. The number of rotatable bonds is 3. The minimum absolute atomic E-state index is 0.135. The van der Waals surface area contributed by atoms with Gasteiger partial charge in [0.05, 0.1) is 17.5 Å². The maximum Gasteiger partial charge on any atom is 0.151 e. The van der Waals surface area contributed by atoms with Gasteiger partial charge in [-0.1, -0.05) is 0 Å². The Labute approximate surface area is 82.1 Å². The van der Waals surface area contributed by atoms with Gasteiger partial charge in [-0.15, -0.1) is 0 Å². The number of nitrogens with one attached hydrogen (secondary N) is 1. The lowest BCUT2D eigenvalue weighted by molar-refractivity contribution is 0.302. The SMILES string of the molecule is CNc1cc(OC2CC2)cc(F)c1N. The zero-order valence-corrected chi connectivity index (χ0v) is 8.01. The van der Waals surface area contributed by atoms with Crippen LogP contribution in [-0.2, 0) is 0 Å². The molecular formula is C10H13FN2O. The van der Waals surface area contributed by atoms with Crippen LogP contribution in [0.25, 0.3) is 0 Å². The van der Waals surface area contributed by atoms with E-state index in [9.17, 15) is 4.39 Å². The highest BCUT2D eigenvalue weighted by molar-refractivity contribution is 5.68. The van der Waals surface area contributed by atoms with E-state index in [4.69, 9.17) is 10.5 Å². The molecule has 1 aromatic rings. The Morgan fingerprint density at radius 1 is 1.50 bits per heavy atom. The Morgan fingerprint density at radius 2 is 2.21 bits per heavy atom. The van der Waals surface area contributed by atoms with Crippen molar-refractivity contribution in [3.63, 3.8) is 0 Å². The molecular weight excluding hydrogens is 183 g/mol. The van der Waals surface area contributed by atoms with Crippen molar-refractivity contribution in [1.82, 2.24) is 0 Å². The molecule has 1 saturated carbocycles. The minimum Gasteiger partial charge on any atom is -0.490 e. The van der Waals surface area contributed by atoms with E-state index in [1.54, 1.807) is 13.1 Å². The number of ether oxygens (including phenoxy) is 1. The fourth-order valence-electron chi connectivity index (χ4n) is 1.25. The van der Waals surface area contributed by atoms with E-state index in [-0.39, 0.29) is 11.8 Å². The number of hydrogen-bond donors (Lipinski definition) is 2. The van der Waals surface area contributed by atoms with Crippen LogP contribution in [-0.4, -0.2) is 13.2 Å². The summed E-state index contributed by atoms with van der Waals surface area (Å²) in [5.41, 5.74) is 6.22. The molecule has 2 rings (SSSR count). The van der Waals surface area contributed by atoms with E-state index < -0.39 is 5.82 Å². The molecule has 0 saturated heterocycles. The van der Waals surface area contributed by atoms with Crippen LogP contribution in [0.1, 0.15) is 12.8 Å². The smallest absolute Gasteiger partial charge is 0.151 e. The molecule has 1 aromatic carbocycles. The summed E-state index contributed by atoms with van der Waals surface area (Å²) >= 11 is 0. The lowest BCUT2D eigenvalue weighted by Gasteiger charge is -2.10. The first-order valence-electron chi connectivity index (χ1n) is 4.64. The van der Waals surface area contributed by atoms with Crippen molar-refractivity contribution in [2.75, 3.05) is 18.1 Å². The van der Waals surface area contributed by atoms with Gasteiger partial charge in [-0.2, -0.15) is 0 Å². The Kier molecular flexibility index (Phi) is 2.19. The number of benzene rings is 1. The van der Waals surface area contributed by atoms with Gasteiger partial charge in [0, 0.05) is 19.2 Å². The van der Waals surface area contributed by atoms with Crippen LogP contribution in [0.3, 0.4) is 0 Å². The van der Waals surface area contributed by atoms with Crippen molar-refractivity contribution in [2.45, 2.75) is 18.9 Å². The quantitative estimate of drug-likeness (QED) is 0.727. The average molecular weight is 196 g/mol. The molecule has 0 heterocycles. The largest absolute Gasteiger partial charge is 0.490 e. The first-order chi connectivity index (χ1) is 6.70. The summed E-state index contributed by atoms with van der Waals surface area (Å²) in [6.07, 6.45) is 2.38. The van der Waals surface area contributed by atoms with Crippen LogP contribution in [0.5, 0.6) is 5.75 Å². The van der Waals surface area contributed by atoms with E-state index >= 15 is 0 Å². The maximum atomic E-state index is 13.3. The second kappa shape index (κ2) is 3.36. The maximum absolute atomic E-state index is 13.3. The number of halogens is 1. The van der Waals surface area contributed by atoms with E-state index in [1.165, 1.54) is 6.07 Å². The van der Waals surface area contributed by atoms with Crippen molar-refractivity contribution in [3.8, 4) is 5.75 Å². The Hall–Kier alpha value is -1.45. The van der Waals surface area contributed by atoms with E-state index in [1.807, 2.05) is 0 Å². The van der Waals surface area contributed by atoms with Gasteiger partial charge in [-0.3, -0.25) is 0 Å². The molecule has 0 amide bonds. The fraction of sp³-hybridized carbons (Fsp3) is 0.400. The van der Waals surface area contributed by atoms with Gasteiger partial charge in [0.2, 0.25) is 0 Å². The van der Waals surface area contributed by atoms with Crippen LogP contribution in [0, 0.1) is 5.82 Å². The molecule has 0 bridgehead atoms. The first-order valence-corrected chi connectivity index (χ1v) is 4.64. The third-order valence-corrected chi connectivity index (χ3v) is 2.20. The van der Waals surface area contributed by atoms with Gasteiger partial charge in [-0.05, 0) is 12.8 Å². The van der Waals surface area contributed by atoms with Crippen LogP contribution in [0.4, 0.5) is 15.8 Å². The summed E-state index contributed by atoms with van der Waals surface area (Å²) in [5.74, 6) is 0.107. The molecule has 0 aromatic heterocycles. The Morgan fingerprint density at radius 3 is 2.79 bits per heavy atom. The first kappa shape index (κ1) is 9.12. The van der Waals surface area contributed by atoms with Gasteiger partial charge in [0.15, 0.2) is 5.82 Å². The van der Waals surface area contributed by atoms with Crippen molar-refractivity contribution in [3.05, 3.63) is 17.9 Å². The lowest BCUT2D eigenvalue weighted by Crippen LogP contribution is -2.02. The van der Waals surface area contributed by atoms with Crippen molar-refractivity contribution >= 4 is 11.4 Å². The molecule has 14 heavy (non-hydrogen) atoms. The van der Waals surface area contributed by atoms with Crippen LogP contribution < -0.4 is 15.8 Å². The third kappa shape index (κ3) is 1.73. The van der Waals surface area contributed by atoms with Crippen molar-refractivity contribution in [1.29, 1.82) is 0 Å². The van der Waals surface area contributed by atoms with Crippen molar-refractivity contribution in [2.24, 2.45) is 0 Å². The van der Waals surface area contributed by atoms with Gasteiger partial charge in [0.1, 0.15) is 5.75 Å². The highest BCUT2D eigenvalue weighted by atomic mass is 19.1. The molecule has 0 atom stereocenters. The van der Waals surface area contributed by atoms with E-state index in [0.717, 1.165) is 12.8 Å². The number of hydrogen-bond acceptors (Lipinski definition) is 3. The summed E-state index contributed by atoms with van der Waals surface area (Å²) < 4.78 is 18.7. The standard InChI is InChI=1S/C10H13FN2O/c1-13-9-5-7(14-6-2-3-6)4-8(11)10(9)12/h4-6,13H,2-3,12H2,1H3. The van der Waals surface area contributed by atoms with E-state index in [2.05, 4.69) is 5.32 Å². The van der Waals surface area contributed by atoms with Crippen LogP contribution in [0.15, 0.2) is 12.1 Å². The third-order valence-electron chi connectivity index (χ3n) is 2.20. The molecule has 1 aliphatic carbocycles. The van der Waals surface area contributed by atoms with E-state index in [0.29, 0.717) is 11.4 Å². The van der Waals surface area contributed by atoms with Crippen LogP contribution >= 0.6 is 0 Å². The van der Waals surface area contributed by atoms with Gasteiger partial charge in [-0.25, -0.2) is 4.39 Å². The second-order valence-corrected chi connectivity index (χ2v) is 3.43. The number of anilines is 2. The highest BCUT2D eigenvalue weighted by Crippen LogP contribution is 2.32. The Balaban J connectivity index is 2.27. The molecule has 0 unspecified atom stereocenters. The molecule has 76 valence electrons. The van der Waals surface area contributed by atoms with Crippen LogP contribution in [0.2, 0.25) is 0 Å². The molecule has 0 spiro atoms. The summed E-state index contributed by atoms with van der Waals surface area (Å²) in [7, 11) is 1.70. The van der Waals surface area contributed by atoms with Gasteiger partial charge < -0.3 is 15.8 Å². The zero-order chi connectivity index (χ0) is 10.1. The zero-order valence-electron chi connectivity index (χ0n) is 8.01. The second-order valence-electron chi connectivity index (χ2n) is 3.43. The molecule has 1 fully saturated rings. The highest BCUT2D eigenvalue weighted by Gasteiger charge is 2.24. The summed E-state index contributed by atoms with van der Waals surface area (Å²) in [5, 5.41) is 2.83. The van der Waals surface area contributed by atoms with Gasteiger partial charge in [0.25, 0.3) is 0 Å². The topological polar surface area (TPSA) is 47.3 Å². The molecule has 1 aliphatic rings. The molecule has 0 aliphatic heterocycles. The molecule has 0 radical (unpaired) electrons. The summed E-state index contributed by atoms with van der Waals surface area (Å²) in [4.78, 5) is 0. The van der Waals surface area contributed by atoms with Crippen molar-refractivity contribution < 1.29 is 9.13 Å². The summed E-state index contributed by atoms with van der Waals surface area (Å²) in [6.45, 7) is 0. The molecule has 4 heteroatoms. The Bertz CT molecular complexity index is 350. The predicted molar refractivity (Wildman–Crippen MR) is 54.0 cm³/mol. The lowest BCUT2D eigenvalue weighted by atomic mass is 10.2. The minimum atomic E-state index is -0.437. The molecule has 3 nitrogen and oxygen atoms in total. The number of nitrogen functional groups attached to an aromatic ring is 1. The number of nitrogens with two attached hydrogens (primary N) is 1. The average Bonchev–Trinajstić information content (AvgIpc) is 2.95. The fourth-order valence-corrected chi connectivity index (χ4v) is 1.25. The predicted octanol–water partition coefficient (Wildman–Crippen LogP) is 1.99. The monoisotopic (exact) mass is 196 g/mol. The van der Waals surface area contributed by atoms with Gasteiger partial charge >= 0.3 is 0 Å².